The summed E-state index contributed by atoms with van der Waals surface area (Å²) in [6.07, 6.45) is 4.97. The van der Waals surface area contributed by atoms with Crippen molar-refractivity contribution in [2.45, 2.75) is 13.3 Å². The fourth-order valence-electron chi connectivity index (χ4n) is 1.03. The Bertz CT molecular complexity index is 264. The number of rotatable bonds is 4. The van der Waals surface area contributed by atoms with Crippen LogP contribution in [-0.4, -0.2) is 6.61 Å². The molecule has 0 aromatic heterocycles. The Balaban J connectivity index is 2.44. The predicted octanol–water partition coefficient (Wildman–Crippen LogP) is 2.29. The molecule has 0 fully saturated rings. The standard InChI is InChI=1S/C11H15NO/c1-10-5-7-11(8-6-10)4-2-3-9-13-12/h2,4-8H,3,9,12H2,1H3/b4-2+. The molecule has 2 nitrogen and oxygen atoms in total. The maximum absolute atomic E-state index is 4.89. The average Bonchev–Trinajstić information content (AvgIpc) is 2.15. The third-order valence-electron chi connectivity index (χ3n) is 1.79. The molecule has 2 heteroatoms. The number of nitrogens with two attached hydrogens (primary N) is 1. The highest BCUT2D eigenvalue weighted by atomic mass is 16.6. The lowest BCUT2D eigenvalue weighted by molar-refractivity contribution is 0.143. The maximum atomic E-state index is 4.89. The van der Waals surface area contributed by atoms with Crippen molar-refractivity contribution < 1.29 is 4.84 Å². The van der Waals surface area contributed by atoms with Crippen LogP contribution in [0.15, 0.2) is 30.3 Å². The van der Waals surface area contributed by atoms with Crippen LogP contribution in [0, 0.1) is 6.92 Å². The van der Waals surface area contributed by atoms with E-state index in [1.54, 1.807) is 0 Å². The third-order valence-corrected chi connectivity index (χ3v) is 1.79. The second-order valence-electron chi connectivity index (χ2n) is 2.97. The molecule has 0 atom stereocenters. The van der Waals surface area contributed by atoms with E-state index in [-0.39, 0.29) is 0 Å². The van der Waals surface area contributed by atoms with Crippen molar-refractivity contribution in [3.63, 3.8) is 0 Å². The van der Waals surface area contributed by atoms with Crippen molar-refractivity contribution in [3.05, 3.63) is 41.5 Å². The summed E-state index contributed by atoms with van der Waals surface area (Å²) in [5.41, 5.74) is 2.49. The van der Waals surface area contributed by atoms with Gasteiger partial charge in [0.05, 0.1) is 6.61 Å². The zero-order chi connectivity index (χ0) is 9.52. The van der Waals surface area contributed by atoms with Gasteiger partial charge in [0.1, 0.15) is 0 Å². The lowest BCUT2D eigenvalue weighted by Gasteiger charge is -1.94. The van der Waals surface area contributed by atoms with Gasteiger partial charge in [0.15, 0.2) is 0 Å². The highest BCUT2D eigenvalue weighted by Gasteiger charge is 1.85. The summed E-state index contributed by atoms with van der Waals surface area (Å²) in [4.78, 5) is 4.45. The lowest BCUT2D eigenvalue weighted by atomic mass is 10.1. The van der Waals surface area contributed by atoms with Gasteiger partial charge in [0.2, 0.25) is 0 Å². The smallest absolute Gasteiger partial charge is 0.0713 e. The summed E-state index contributed by atoms with van der Waals surface area (Å²) >= 11 is 0. The SMILES string of the molecule is Cc1ccc(/C=C/CCON)cc1. The van der Waals surface area contributed by atoms with Crippen LogP contribution in [0.1, 0.15) is 17.5 Å². The van der Waals surface area contributed by atoms with Crippen LogP contribution < -0.4 is 5.90 Å². The summed E-state index contributed by atoms with van der Waals surface area (Å²) < 4.78 is 0. The Labute approximate surface area is 79.0 Å². The first kappa shape index (κ1) is 9.96. The topological polar surface area (TPSA) is 35.2 Å². The molecule has 70 valence electrons. The van der Waals surface area contributed by atoms with Gasteiger partial charge in [-0.15, -0.1) is 0 Å². The molecule has 0 aliphatic heterocycles. The van der Waals surface area contributed by atoms with Crippen LogP contribution in [0.4, 0.5) is 0 Å². The molecule has 13 heavy (non-hydrogen) atoms. The quantitative estimate of drug-likeness (QED) is 0.565. The molecule has 0 unspecified atom stereocenters. The van der Waals surface area contributed by atoms with Gasteiger partial charge in [-0.3, -0.25) is 0 Å². The van der Waals surface area contributed by atoms with E-state index in [4.69, 9.17) is 5.90 Å². The zero-order valence-electron chi connectivity index (χ0n) is 7.86. The number of hydrogen-bond donors (Lipinski definition) is 1. The summed E-state index contributed by atoms with van der Waals surface area (Å²) in [5.74, 6) is 4.89. The van der Waals surface area contributed by atoms with E-state index >= 15 is 0 Å². The third kappa shape index (κ3) is 3.87. The lowest BCUT2D eigenvalue weighted by Crippen LogP contribution is -1.98. The Hall–Kier alpha value is -1.12. The normalized spacial score (nSPS) is 10.9. The molecule has 1 aromatic rings. The Kier molecular flexibility index (Phi) is 4.23. The summed E-state index contributed by atoms with van der Waals surface area (Å²) in [5, 5.41) is 0. The number of hydrogen-bond acceptors (Lipinski definition) is 2. The summed E-state index contributed by atoms with van der Waals surface area (Å²) in [6, 6.07) is 8.38. The van der Waals surface area contributed by atoms with Gasteiger partial charge in [0, 0.05) is 0 Å². The van der Waals surface area contributed by atoms with Crippen LogP contribution in [0.2, 0.25) is 0 Å². The molecule has 1 rings (SSSR count). The highest BCUT2D eigenvalue weighted by molar-refractivity contribution is 5.49. The van der Waals surface area contributed by atoms with Crippen LogP contribution in [0.5, 0.6) is 0 Å². The monoisotopic (exact) mass is 177 g/mol. The first-order chi connectivity index (χ1) is 6.33. The second-order valence-corrected chi connectivity index (χ2v) is 2.97. The minimum atomic E-state index is 0.572. The fourth-order valence-corrected chi connectivity index (χ4v) is 1.03. The van der Waals surface area contributed by atoms with E-state index in [1.807, 2.05) is 0 Å². The molecule has 0 aliphatic rings. The minimum absolute atomic E-state index is 0.572. The van der Waals surface area contributed by atoms with Gasteiger partial charge >= 0.3 is 0 Å². The fraction of sp³-hybridized carbons (Fsp3) is 0.273. The second kappa shape index (κ2) is 5.51. The van der Waals surface area contributed by atoms with Gasteiger partial charge in [-0.25, -0.2) is 5.90 Å². The molecule has 0 heterocycles. The van der Waals surface area contributed by atoms with Crippen molar-refractivity contribution in [1.82, 2.24) is 0 Å². The molecule has 0 aliphatic carbocycles. The minimum Gasteiger partial charge on any atom is -0.304 e. The molecule has 0 bridgehead atoms. The number of benzene rings is 1. The van der Waals surface area contributed by atoms with Gasteiger partial charge in [-0.1, -0.05) is 42.0 Å². The Morgan fingerprint density at radius 1 is 1.31 bits per heavy atom. The maximum Gasteiger partial charge on any atom is 0.0713 e. The predicted molar refractivity (Wildman–Crippen MR) is 55.0 cm³/mol. The van der Waals surface area contributed by atoms with Crippen LogP contribution in [-0.2, 0) is 4.84 Å². The Morgan fingerprint density at radius 3 is 2.62 bits per heavy atom. The van der Waals surface area contributed by atoms with E-state index < -0.39 is 0 Å². The van der Waals surface area contributed by atoms with E-state index in [9.17, 15) is 0 Å². The molecule has 0 amide bonds. The van der Waals surface area contributed by atoms with E-state index in [1.165, 1.54) is 11.1 Å². The average molecular weight is 177 g/mol. The van der Waals surface area contributed by atoms with Crippen molar-refractivity contribution >= 4 is 6.08 Å². The van der Waals surface area contributed by atoms with Gasteiger partial charge in [0.25, 0.3) is 0 Å². The molecular weight excluding hydrogens is 162 g/mol. The van der Waals surface area contributed by atoms with Gasteiger partial charge < -0.3 is 4.84 Å². The van der Waals surface area contributed by atoms with Crippen molar-refractivity contribution in [2.24, 2.45) is 5.90 Å². The van der Waals surface area contributed by atoms with Crippen LogP contribution in [0.25, 0.3) is 6.08 Å². The molecular formula is C11H15NO. The first-order valence-electron chi connectivity index (χ1n) is 4.38. The Morgan fingerprint density at radius 2 is 2.00 bits per heavy atom. The number of aryl methyl sites for hydroxylation is 1. The molecule has 0 spiro atoms. The van der Waals surface area contributed by atoms with Crippen molar-refractivity contribution in [3.8, 4) is 0 Å². The van der Waals surface area contributed by atoms with Crippen molar-refractivity contribution in [1.29, 1.82) is 0 Å². The van der Waals surface area contributed by atoms with Gasteiger partial charge in [-0.05, 0) is 18.9 Å². The summed E-state index contributed by atoms with van der Waals surface area (Å²) in [6.45, 7) is 2.65. The van der Waals surface area contributed by atoms with E-state index in [0.29, 0.717) is 6.61 Å². The van der Waals surface area contributed by atoms with Gasteiger partial charge in [-0.2, -0.15) is 0 Å². The highest BCUT2D eigenvalue weighted by Crippen LogP contribution is 2.05. The molecule has 1 aromatic carbocycles. The van der Waals surface area contributed by atoms with Crippen LogP contribution >= 0.6 is 0 Å². The van der Waals surface area contributed by atoms with Crippen molar-refractivity contribution in [2.75, 3.05) is 6.61 Å². The molecule has 0 saturated heterocycles. The molecule has 0 radical (unpaired) electrons. The summed E-state index contributed by atoms with van der Waals surface area (Å²) in [7, 11) is 0. The zero-order valence-corrected chi connectivity index (χ0v) is 7.86. The van der Waals surface area contributed by atoms with Crippen LogP contribution in [0.3, 0.4) is 0 Å². The molecule has 2 N–H and O–H groups in total. The first-order valence-corrected chi connectivity index (χ1v) is 4.38. The largest absolute Gasteiger partial charge is 0.304 e. The molecule has 0 saturated carbocycles. The van der Waals surface area contributed by atoms with E-state index in [0.717, 1.165) is 6.42 Å². The van der Waals surface area contributed by atoms with E-state index in [2.05, 4.69) is 48.2 Å².